The highest BCUT2D eigenvalue weighted by molar-refractivity contribution is 6.30. The van der Waals surface area contributed by atoms with Gasteiger partial charge in [-0.25, -0.2) is 9.78 Å². The molecule has 0 radical (unpaired) electrons. The van der Waals surface area contributed by atoms with Gasteiger partial charge in [0, 0.05) is 33.8 Å². The SMILES string of the molecule is COC(=O)Nc1ccc2c(c1)NC(=O)[C@@H](C(C)C)CCC[C@H](NC(=O)/C=C/c1cc(Cl)ccc1-n1cnnn1)c1ncc-2[nH]1. The van der Waals surface area contributed by atoms with E-state index in [1.54, 1.807) is 48.7 Å². The first kappa shape index (κ1) is 30.4. The molecule has 0 aliphatic carbocycles. The molecular formula is C30H32ClN9O4. The fourth-order valence-corrected chi connectivity index (χ4v) is 5.30. The van der Waals surface area contributed by atoms with E-state index in [1.807, 2.05) is 13.8 Å². The molecule has 1 aliphatic rings. The Morgan fingerprint density at radius 2 is 2.02 bits per heavy atom. The van der Waals surface area contributed by atoms with Gasteiger partial charge in [-0.15, -0.1) is 5.10 Å². The fraction of sp³-hybridized carbons (Fsp3) is 0.300. The van der Waals surface area contributed by atoms with Gasteiger partial charge in [-0.3, -0.25) is 14.9 Å². The number of aromatic amines is 1. The molecule has 2 aromatic carbocycles. The zero-order chi connectivity index (χ0) is 31.2. The smallest absolute Gasteiger partial charge is 0.411 e. The number of hydrogen-bond acceptors (Lipinski definition) is 8. The molecule has 228 valence electrons. The van der Waals surface area contributed by atoms with Crippen molar-refractivity contribution >= 4 is 47.0 Å². The first-order valence-electron chi connectivity index (χ1n) is 14.1. The summed E-state index contributed by atoms with van der Waals surface area (Å²) in [6.45, 7) is 4.02. The molecule has 0 saturated heterocycles. The lowest BCUT2D eigenvalue weighted by atomic mass is 9.88. The monoisotopic (exact) mass is 617 g/mol. The second-order valence-electron chi connectivity index (χ2n) is 10.7. The molecule has 2 atom stereocenters. The summed E-state index contributed by atoms with van der Waals surface area (Å²) < 4.78 is 6.19. The highest BCUT2D eigenvalue weighted by Crippen LogP contribution is 2.33. The lowest BCUT2D eigenvalue weighted by Crippen LogP contribution is -2.30. The van der Waals surface area contributed by atoms with E-state index in [4.69, 9.17) is 16.3 Å². The maximum absolute atomic E-state index is 13.5. The van der Waals surface area contributed by atoms with Crippen molar-refractivity contribution in [2.24, 2.45) is 11.8 Å². The Bertz CT molecular complexity index is 1680. The standard InChI is InChI=1S/C30H32ClN9O4/c1-17(2)21-5-4-6-23(35-27(41)12-7-18-13-19(31)8-11-26(18)40-16-33-38-39-40)28-32-15-25(36-28)22-10-9-20(34-30(43)44-3)14-24(22)37-29(21)42/h7-17,21,23H,4-6H2,1-3H3,(H,32,36)(H,34,43)(H,35,41)(H,37,42)/b12-7+/t21-,23+/m1/s1. The molecule has 4 aromatic rings. The highest BCUT2D eigenvalue weighted by Gasteiger charge is 2.26. The third kappa shape index (κ3) is 7.11. The van der Waals surface area contributed by atoms with Crippen molar-refractivity contribution in [2.45, 2.75) is 39.2 Å². The zero-order valence-corrected chi connectivity index (χ0v) is 25.1. The van der Waals surface area contributed by atoms with Crippen molar-refractivity contribution in [1.82, 2.24) is 35.5 Å². The van der Waals surface area contributed by atoms with Gasteiger partial charge in [-0.2, -0.15) is 4.68 Å². The number of rotatable bonds is 6. The summed E-state index contributed by atoms with van der Waals surface area (Å²) in [6, 6.07) is 9.92. The molecule has 3 heterocycles. The molecule has 0 unspecified atom stereocenters. The minimum atomic E-state index is -0.622. The largest absolute Gasteiger partial charge is 0.453 e. The van der Waals surface area contributed by atoms with Crippen molar-refractivity contribution in [3.05, 3.63) is 71.4 Å². The fourth-order valence-electron chi connectivity index (χ4n) is 5.12. The van der Waals surface area contributed by atoms with Gasteiger partial charge >= 0.3 is 6.09 Å². The number of carbonyl (C=O) groups is 3. The average Bonchev–Trinajstić information content (AvgIpc) is 3.70. The Labute approximate surface area is 258 Å². The average molecular weight is 618 g/mol. The normalized spacial score (nSPS) is 16.9. The van der Waals surface area contributed by atoms with Crippen LogP contribution in [-0.2, 0) is 14.3 Å². The lowest BCUT2D eigenvalue weighted by Gasteiger charge is -2.23. The number of anilines is 2. The number of H-pyrrole nitrogens is 1. The lowest BCUT2D eigenvalue weighted by molar-refractivity contribution is -0.121. The van der Waals surface area contributed by atoms with E-state index < -0.39 is 12.1 Å². The minimum absolute atomic E-state index is 0.0761. The summed E-state index contributed by atoms with van der Waals surface area (Å²) in [5.74, 6) is -0.0772. The van der Waals surface area contributed by atoms with Crippen LogP contribution in [0.25, 0.3) is 23.0 Å². The molecule has 13 nitrogen and oxygen atoms in total. The molecular weight excluding hydrogens is 586 g/mol. The van der Waals surface area contributed by atoms with Crippen molar-refractivity contribution < 1.29 is 19.1 Å². The van der Waals surface area contributed by atoms with Crippen molar-refractivity contribution in [3.8, 4) is 16.9 Å². The van der Waals surface area contributed by atoms with Gasteiger partial charge < -0.3 is 20.4 Å². The number of carbonyl (C=O) groups excluding carboxylic acids is 3. The molecule has 0 saturated carbocycles. The Morgan fingerprint density at radius 1 is 1.18 bits per heavy atom. The number of methoxy groups -OCH3 is 1. The number of imidazole rings is 1. The van der Waals surface area contributed by atoms with E-state index >= 15 is 0 Å². The molecule has 0 spiro atoms. The van der Waals surface area contributed by atoms with Crippen LogP contribution in [0.15, 0.2) is 55.0 Å². The van der Waals surface area contributed by atoms with E-state index in [-0.39, 0.29) is 23.7 Å². The van der Waals surface area contributed by atoms with Crippen LogP contribution in [0.4, 0.5) is 16.2 Å². The van der Waals surface area contributed by atoms with Crippen molar-refractivity contribution in [3.63, 3.8) is 0 Å². The van der Waals surface area contributed by atoms with Gasteiger partial charge in [-0.1, -0.05) is 31.9 Å². The molecule has 5 rings (SSSR count). The number of aromatic nitrogens is 6. The van der Waals surface area contributed by atoms with Gasteiger partial charge in [0.05, 0.1) is 36.4 Å². The first-order chi connectivity index (χ1) is 21.2. The number of nitrogens with zero attached hydrogens (tertiary/aromatic N) is 5. The summed E-state index contributed by atoms with van der Waals surface area (Å²) in [5, 5.41) is 20.5. The molecule has 1 aliphatic heterocycles. The van der Waals surface area contributed by atoms with Gasteiger partial charge in [0.2, 0.25) is 11.8 Å². The number of hydrogen-bond donors (Lipinski definition) is 4. The van der Waals surface area contributed by atoms with Gasteiger partial charge in [0.15, 0.2) is 0 Å². The molecule has 0 fully saturated rings. The summed E-state index contributed by atoms with van der Waals surface area (Å²) in [5.41, 5.74) is 3.60. The van der Waals surface area contributed by atoms with Crippen LogP contribution >= 0.6 is 11.6 Å². The van der Waals surface area contributed by atoms with E-state index in [9.17, 15) is 14.4 Å². The highest BCUT2D eigenvalue weighted by atomic mass is 35.5. The van der Waals surface area contributed by atoms with Crippen LogP contribution < -0.4 is 16.0 Å². The Kier molecular flexibility index (Phi) is 9.34. The second kappa shape index (κ2) is 13.5. The Morgan fingerprint density at radius 3 is 2.77 bits per heavy atom. The molecule has 2 bridgehead atoms. The molecule has 14 heteroatoms. The van der Waals surface area contributed by atoms with Crippen molar-refractivity contribution in [1.29, 1.82) is 0 Å². The molecule has 3 amide bonds. The predicted octanol–water partition coefficient (Wildman–Crippen LogP) is 5.15. The van der Waals surface area contributed by atoms with Crippen LogP contribution in [0.1, 0.15) is 50.5 Å². The minimum Gasteiger partial charge on any atom is -0.453 e. The van der Waals surface area contributed by atoms with E-state index in [2.05, 4.69) is 41.4 Å². The Balaban J connectivity index is 1.43. The maximum Gasteiger partial charge on any atom is 0.411 e. The van der Waals surface area contributed by atoms with Crippen LogP contribution in [0, 0.1) is 11.8 Å². The van der Waals surface area contributed by atoms with Crippen molar-refractivity contribution in [2.75, 3.05) is 17.7 Å². The van der Waals surface area contributed by atoms with Gasteiger partial charge in [-0.05, 0) is 71.7 Å². The quantitative estimate of drug-likeness (QED) is 0.215. The molecule has 44 heavy (non-hydrogen) atoms. The number of nitrogens with one attached hydrogen (secondary N) is 4. The molecule has 4 N–H and O–H groups in total. The summed E-state index contributed by atoms with van der Waals surface area (Å²) in [7, 11) is 1.28. The second-order valence-corrected chi connectivity index (χ2v) is 11.1. The summed E-state index contributed by atoms with van der Waals surface area (Å²) >= 11 is 6.22. The zero-order valence-electron chi connectivity index (χ0n) is 24.4. The van der Waals surface area contributed by atoms with Gasteiger partial charge in [0.25, 0.3) is 0 Å². The number of fused-ring (bicyclic) bond motifs is 4. The van der Waals surface area contributed by atoms with Crippen LogP contribution in [0.2, 0.25) is 5.02 Å². The van der Waals surface area contributed by atoms with E-state index in [0.29, 0.717) is 64.0 Å². The third-order valence-electron chi connectivity index (χ3n) is 7.39. The Hall–Kier alpha value is -5.04. The van der Waals surface area contributed by atoms with E-state index in [1.165, 1.54) is 24.2 Å². The molecule has 2 aromatic heterocycles. The number of ether oxygens (including phenoxy) is 1. The van der Waals surface area contributed by atoms with E-state index in [0.717, 1.165) is 0 Å². The summed E-state index contributed by atoms with van der Waals surface area (Å²) in [6.07, 6.45) is 7.39. The first-order valence-corrected chi connectivity index (χ1v) is 14.5. The van der Waals surface area contributed by atoms with Crippen LogP contribution in [0.5, 0.6) is 0 Å². The third-order valence-corrected chi connectivity index (χ3v) is 7.63. The topological polar surface area (TPSA) is 169 Å². The predicted molar refractivity (Wildman–Crippen MR) is 165 cm³/mol. The summed E-state index contributed by atoms with van der Waals surface area (Å²) in [4.78, 5) is 46.4. The maximum atomic E-state index is 13.5. The van der Waals surface area contributed by atoms with Gasteiger partial charge in [0.1, 0.15) is 12.2 Å². The van der Waals surface area contributed by atoms with Crippen LogP contribution in [-0.4, -0.2) is 55.2 Å². The number of benzene rings is 2. The number of halogens is 1. The number of tetrazole rings is 1. The number of amides is 3. The van der Waals surface area contributed by atoms with Crippen LogP contribution in [0.3, 0.4) is 0 Å².